The fraction of sp³-hybridized carbons (Fsp3) is 0.375. The van der Waals surface area contributed by atoms with E-state index in [1.54, 1.807) is 20.2 Å². The van der Waals surface area contributed by atoms with Crippen LogP contribution in [0.5, 0.6) is 0 Å². The number of aryl methyl sites for hydroxylation is 1. The number of carbonyl (C=O) groups excluding carboxylic acids is 3. The molecule has 0 bridgehead atoms. The molecule has 0 radical (unpaired) electrons. The number of esters is 2. The Morgan fingerprint density at radius 1 is 1.35 bits per heavy atom. The highest BCUT2D eigenvalue weighted by Gasteiger charge is 2.28. The Bertz CT molecular complexity index is 858. The minimum Gasteiger partial charge on any atom is -0.465 e. The van der Waals surface area contributed by atoms with Crippen molar-refractivity contribution in [1.82, 2.24) is 9.78 Å². The van der Waals surface area contributed by atoms with Gasteiger partial charge in [0.05, 0.1) is 22.9 Å². The Morgan fingerprint density at radius 3 is 2.58 bits per heavy atom. The molecule has 0 spiro atoms. The van der Waals surface area contributed by atoms with E-state index in [1.807, 2.05) is 29.5 Å². The van der Waals surface area contributed by atoms with Crippen molar-refractivity contribution in [1.29, 1.82) is 0 Å². The molecule has 0 aromatic carbocycles. The second kappa shape index (κ2) is 8.62. The Kier molecular flexibility index (Phi) is 6.75. The van der Waals surface area contributed by atoms with Gasteiger partial charge in [0.25, 0.3) is 5.91 Å². The van der Waals surface area contributed by atoms with Gasteiger partial charge in [-0.1, -0.05) is 6.92 Å². The third kappa shape index (κ3) is 4.23. The molecule has 10 heteroatoms. The summed E-state index contributed by atoms with van der Waals surface area (Å²) in [4.78, 5) is 37.2. The van der Waals surface area contributed by atoms with Gasteiger partial charge < -0.3 is 14.8 Å². The smallest absolute Gasteiger partial charge is 0.348 e. The van der Waals surface area contributed by atoms with Crippen LogP contribution >= 0.6 is 33.9 Å². The number of carbonyl (C=O) groups is 3. The number of anilines is 1. The van der Waals surface area contributed by atoms with Crippen LogP contribution in [-0.2, 0) is 16.5 Å². The van der Waals surface area contributed by atoms with Gasteiger partial charge in [0.1, 0.15) is 9.88 Å². The van der Waals surface area contributed by atoms with Crippen molar-refractivity contribution < 1.29 is 23.9 Å². The van der Waals surface area contributed by atoms with Gasteiger partial charge in [0.2, 0.25) is 0 Å². The number of nitrogens with one attached hydrogen (secondary N) is 1. The van der Waals surface area contributed by atoms with E-state index >= 15 is 0 Å². The van der Waals surface area contributed by atoms with E-state index in [2.05, 4.69) is 10.4 Å². The van der Waals surface area contributed by atoms with Crippen LogP contribution in [0.4, 0.5) is 5.00 Å². The molecule has 2 heterocycles. The van der Waals surface area contributed by atoms with Gasteiger partial charge in [0.15, 0.2) is 5.69 Å². The first-order chi connectivity index (χ1) is 12.3. The number of ether oxygens (including phenoxy) is 2. The first kappa shape index (κ1) is 20.4. The zero-order valence-corrected chi connectivity index (χ0v) is 17.7. The number of rotatable bonds is 6. The Hall–Kier alpha value is -1.95. The summed E-state index contributed by atoms with van der Waals surface area (Å²) in [5.41, 5.74) is 0.795. The lowest BCUT2D eigenvalue weighted by molar-refractivity contribution is 0.0506. The molecule has 2 aromatic heterocycles. The predicted octanol–water partition coefficient (Wildman–Crippen LogP) is 3.00. The molecule has 0 saturated heterocycles. The van der Waals surface area contributed by atoms with Gasteiger partial charge in [-0.15, -0.1) is 11.3 Å². The van der Waals surface area contributed by atoms with Crippen LogP contribution in [-0.4, -0.2) is 41.3 Å². The summed E-state index contributed by atoms with van der Waals surface area (Å²) in [6.45, 7) is 3.73. The summed E-state index contributed by atoms with van der Waals surface area (Å²) >= 11 is 2.97. The van der Waals surface area contributed by atoms with Crippen molar-refractivity contribution in [3.63, 3.8) is 0 Å². The lowest BCUT2D eigenvalue weighted by Gasteiger charge is -2.07. The number of hydrogen-bond donors (Lipinski definition) is 1. The first-order valence-electron chi connectivity index (χ1n) is 7.69. The molecule has 2 rings (SSSR count). The van der Waals surface area contributed by atoms with Crippen LogP contribution in [0.2, 0.25) is 0 Å². The molecule has 0 unspecified atom stereocenters. The maximum atomic E-state index is 12.5. The molecule has 0 atom stereocenters. The summed E-state index contributed by atoms with van der Waals surface area (Å²) in [7, 11) is 2.96. The summed E-state index contributed by atoms with van der Waals surface area (Å²) in [5, 5.41) is 7.01. The van der Waals surface area contributed by atoms with Gasteiger partial charge in [0, 0.05) is 13.2 Å². The number of hydrogen-bond acceptors (Lipinski definition) is 7. The lowest BCUT2D eigenvalue weighted by atomic mass is 10.1. The van der Waals surface area contributed by atoms with Crippen molar-refractivity contribution in [3.05, 3.63) is 31.5 Å². The Labute approximate surface area is 168 Å². The molecule has 0 saturated carbocycles. The van der Waals surface area contributed by atoms with Crippen LogP contribution in [0.3, 0.4) is 0 Å². The average molecular weight is 491 g/mol. The van der Waals surface area contributed by atoms with Gasteiger partial charge in [-0.05, 0) is 41.5 Å². The largest absolute Gasteiger partial charge is 0.465 e. The number of methoxy groups -OCH3 is 1. The van der Waals surface area contributed by atoms with Crippen LogP contribution < -0.4 is 5.32 Å². The maximum absolute atomic E-state index is 12.5. The maximum Gasteiger partial charge on any atom is 0.348 e. The molecule has 0 aliphatic heterocycles. The number of halogens is 1. The third-order valence-corrected chi connectivity index (χ3v) is 5.36. The highest BCUT2D eigenvalue weighted by molar-refractivity contribution is 14.1. The van der Waals surface area contributed by atoms with Crippen LogP contribution in [0.1, 0.15) is 49.4 Å². The molecule has 8 nitrogen and oxygen atoms in total. The number of nitrogens with zero attached hydrogens (tertiary/aromatic N) is 2. The van der Waals surface area contributed by atoms with Crippen LogP contribution in [0.25, 0.3) is 0 Å². The quantitative estimate of drug-likeness (QED) is 0.493. The van der Waals surface area contributed by atoms with Crippen molar-refractivity contribution in [2.24, 2.45) is 7.05 Å². The van der Waals surface area contributed by atoms with E-state index in [0.717, 1.165) is 11.3 Å². The highest BCUT2D eigenvalue weighted by atomic mass is 127. The molecular formula is C16H18IN3O5S. The van der Waals surface area contributed by atoms with E-state index in [4.69, 9.17) is 9.47 Å². The molecule has 140 valence electrons. The summed E-state index contributed by atoms with van der Waals surface area (Å²) in [6.07, 6.45) is 2.36. The molecule has 26 heavy (non-hydrogen) atoms. The fourth-order valence-electron chi connectivity index (χ4n) is 2.18. The highest BCUT2D eigenvalue weighted by Crippen LogP contribution is 2.34. The molecule has 0 aliphatic rings. The minimum absolute atomic E-state index is 0.156. The topological polar surface area (TPSA) is 99.5 Å². The van der Waals surface area contributed by atoms with Gasteiger partial charge >= 0.3 is 11.9 Å². The number of aromatic nitrogens is 2. The SMILES string of the molecule is CCCOC(=O)c1c(NC(=O)c2nn(C)cc2I)sc(C(=O)OC)c1C. The van der Waals surface area contributed by atoms with E-state index in [-0.39, 0.29) is 27.7 Å². The molecule has 0 fully saturated rings. The Morgan fingerprint density at radius 2 is 2.04 bits per heavy atom. The van der Waals surface area contributed by atoms with E-state index in [9.17, 15) is 14.4 Å². The Balaban J connectivity index is 2.42. The van der Waals surface area contributed by atoms with Gasteiger partial charge in [-0.3, -0.25) is 9.48 Å². The zero-order chi connectivity index (χ0) is 19.4. The lowest BCUT2D eigenvalue weighted by Crippen LogP contribution is -2.16. The van der Waals surface area contributed by atoms with Crippen molar-refractivity contribution in [2.75, 3.05) is 19.0 Å². The second-order valence-electron chi connectivity index (χ2n) is 5.34. The fourth-order valence-corrected chi connectivity index (χ4v) is 4.04. The van der Waals surface area contributed by atoms with Crippen molar-refractivity contribution >= 4 is 56.8 Å². The number of thiophene rings is 1. The standard InChI is InChI=1S/C16H18IN3O5S/c1-5-6-25-15(22)10-8(2)12(16(23)24-4)26-14(10)18-13(21)11-9(17)7-20(3)19-11/h7H,5-6H2,1-4H3,(H,18,21). The van der Waals surface area contributed by atoms with Gasteiger partial charge in [-0.25, -0.2) is 9.59 Å². The average Bonchev–Trinajstić information content (AvgIpc) is 3.10. The van der Waals surface area contributed by atoms with E-state index in [1.165, 1.54) is 11.8 Å². The third-order valence-electron chi connectivity index (χ3n) is 3.39. The molecular weight excluding hydrogens is 473 g/mol. The molecule has 1 N–H and O–H groups in total. The molecule has 1 amide bonds. The molecule has 0 aliphatic carbocycles. The summed E-state index contributed by atoms with van der Waals surface area (Å²) < 4.78 is 12.1. The normalized spacial score (nSPS) is 10.5. The predicted molar refractivity (Wildman–Crippen MR) is 105 cm³/mol. The minimum atomic E-state index is -0.596. The van der Waals surface area contributed by atoms with E-state index < -0.39 is 17.8 Å². The molecule has 2 aromatic rings. The zero-order valence-electron chi connectivity index (χ0n) is 14.7. The van der Waals surface area contributed by atoms with Crippen LogP contribution in [0.15, 0.2) is 6.20 Å². The second-order valence-corrected chi connectivity index (χ2v) is 7.52. The van der Waals surface area contributed by atoms with Crippen LogP contribution in [0, 0.1) is 10.5 Å². The van der Waals surface area contributed by atoms with Crippen molar-refractivity contribution in [3.8, 4) is 0 Å². The first-order valence-corrected chi connectivity index (χ1v) is 9.58. The van der Waals surface area contributed by atoms with E-state index in [0.29, 0.717) is 15.6 Å². The monoisotopic (exact) mass is 491 g/mol. The summed E-state index contributed by atoms with van der Waals surface area (Å²) in [6, 6.07) is 0. The summed E-state index contributed by atoms with van der Waals surface area (Å²) in [5.74, 6) is -1.65. The number of amides is 1. The van der Waals surface area contributed by atoms with Gasteiger partial charge in [-0.2, -0.15) is 5.10 Å². The van der Waals surface area contributed by atoms with Crippen molar-refractivity contribution in [2.45, 2.75) is 20.3 Å².